The summed E-state index contributed by atoms with van der Waals surface area (Å²) in [6.45, 7) is 2.12. The molecule has 114 valence electrons. The Morgan fingerprint density at radius 3 is 2.71 bits per heavy atom. The molecule has 0 radical (unpaired) electrons. The van der Waals surface area contributed by atoms with Gasteiger partial charge in [-0.05, 0) is 30.5 Å². The Bertz CT molecular complexity index is 542. The van der Waals surface area contributed by atoms with Gasteiger partial charge in [0, 0.05) is 15.1 Å². The minimum Gasteiger partial charge on any atom is -0.400 e. The Labute approximate surface area is 135 Å². The number of hydrogen-bond acceptors (Lipinski definition) is 3. The maximum atomic E-state index is 12.0. The highest BCUT2D eigenvalue weighted by Gasteiger charge is 2.10. The number of para-hydroxylation sites is 1. The molecule has 7 heteroatoms. The summed E-state index contributed by atoms with van der Waals surface area (Å²) in [6, 6.07) is 8.91. The molecule has 0 heterocycles. The van der Waals surface area contributed by atoms with E-state index >= 15 is 0 Å². The van der Waals surface area contributed by atoms with Gasteiger partial charge in [-0.2, -0.15) is 0 Å². The van der Waals surface area contributed by atoms with Crippen molar-refractivity contribution >= 4 is 27.0 Å². The zero-order valence-electron chi connectivity index (χ0n) is 11.9. The van der Waals surface area contributed by atoms with Gasteiger partial charge in [-0.25, -0.2) is 4.21 Å². The van der Waals surface area contributed by atoms with Crippen molar-refractivity contribution in [1.82, 2.24) is 0 Å². The number of hydrogen-bond donors (Lipinski definition) is 0. The second kappa shape index (κ2) is 10.4. The third-order valence-corrected chi connectivity index (χ3v) is 4.41. The number of halogens is 1. The molecule has 0 aliphatic heterocycles. The summed E-state index contributed by atoms with van der Waals surface area (Å²) in [5, 5.41) is 3.62. The fraction of sp³-hybridized carbons (Fsp3) is 0.429. The van der Waals surface area contributed by atoms with Gasteiger partial charge in [-0.1, -0.05) is 59.0 Å². The third kappa shape index (κ3) is 7.32. The first-order valence-corrected chi connectivity index (χ1v) is 8.75. The van der Waals surface area contributed by atoms with Gasteiger partial charge in [0.2, 0.25) is 11.1 Å². The van der Waals surface area contributed by atoms with E-state index < -0.39 is 11.1 Å². The van der Waals surface area contributed by atoms with E-state index in [1.807, 2.05) is 6.07 Å². The van der Waals surface area contributed by atoms with Crippen LogP contribution < -0.4 is 4.18 Å². The molecular formula is C14H18BrN3O2S. The molecule has 0 N–H and O–H groups in total. The summed E-state index contributed by atoms with van der Waals surface area (Å²) in [5.41, 5.74) is 9.06. The molecule has 1 aromatic rings. The molecule has 21 heavy (non-hydrogen) atoms. The number of allylic oxidation sites excluding steroid dienone is 1. The van der Waals surface area contributed by atoms with Gasteiger partial charge in [0.1, 0.15) is 5.75 Å². The molecule has 0 bridgehead atoms. The zero-order chi connectivity index (χ0) is 15.5. The fourth-order valence-electron chi connectivity index (χ4n) is 1.61. The molecule has 0 spiro atoms. The monoisotopic (exact) mass is 371 g/mol. The van der Waals surface area contributed by atoms with Crippen LogP contribution in [0.4, 0.5) is 0 Å². The SMILES string of the molecule is CCCCC/C(Br)=C(/CS(=O)Oc1ccccc1)N=[N+]=[N-]. The van der Waals surface area contributed by atoms with Crippen molar-refractivity contribution in [2.45, 2.75) is 32.6 Å². The van der Waals surface area contributed by atoms with Crippen LogP contribution in [-0.2, 0) is 11.1 Å². The summed E-state index contributed by atoms with van der Waals surface area (Å²) < 4.78 is 18.1. The highest BCUT2D eigenvalue weighted by molar-refractivity contribution is 9.11. The van der Waals surface area contributed by atoms with Crippen molar-refractivity contribution < 1.29 is 8.39 Å². The van der Waals surface area contributed by atoms with Crippen molar-refractivity contribution in [3.63, 3.8) is 0 Å². The lowest BCUT2D eigenvalue weighted by atomic mass is 10.2. The molecule has 0 aliphatic rings. The van der Waals surface area contributed by atoms with Gasteiger partial charge >= 0.3 is 0 Å². The van der Waals surface area contributed by atoms with E-state index in [4.69, 9.17) is 9.71 Å². The Morgan fingerprint density at radius 2 is 2.10 bits per heavy atom. The zero-order valence-corrected chi connectivity index (χ0v) is 14.3. The second-order valence-corrected chi connectivity index (χ2v) is 6.36. The summed E-state index contributed by atoms with van der Waals surface area (Å²) in [5.74, 6) is 0.587. The van der Waals surface area contributed by atoms with Crippen LogP contribution in [0.5, 0.6) is 5.75 Å². The lowest BCUT2D eigenvalue weighted by molar-refractivity contribution is 0.564. The van der Waals surface area contributed by atoms with E-state index in [0.29, 0.717) is 11.4 Å². The van der Waals surface area contributed by atoms with E-state index in [2.05, 4.69) is 32.9 Å². The Balaban J connectivity index is 2.67. The fourth-order valence-corrected chi connectivity index (χ4v) is 3.14. The van der Waals surface area contributed by atoms with E-state index in [-0.39, 0.29) is 5.75 Å². The molecule has 1 unspecified atom stereocenters. The summed E-state index contributed by atoms with van der Waals surface area (Å²) in [7, 11) is 0. The number of benzene rings is 1. The molecule has 1 aromatic carbocycles. The lowest BCUT2D eigenvalue weighted by Crippen LogP contribution is -2.07. The van der Waals surface area contributed by atoms with Gasteiger partial charge in [0.05, 0.1) is 5.75 Å². The maximum absolute atomic E-state index is 12.0. The van der Waals surface area contributed by atoms with E-state index in [1.165, 1.54) is 0 Å². The van der Waals surface area contributed by atoms with Crippen molar-refractivity contribution in [1.29, 1.82) is 0 Å². The first-order chi connectivity index (χ1) is 10.2. The molecular weight excluding hydrogens is 354 g/mol. The maximum Gasteiger partial charge on any atom is 0.210 e. The van der Waals surface area contributed by atoms with E-state index in [1.54, 1.807) is 24.3 Å². The standard InChI is InChI=1S/C14H18BrN3O2S/c1-2-3-5-10-13(15)14(17-18-16)11-21(19)20-12-8-6-4-7-9-12/h4,6-9H,2-3,5,10-11H2,1H3/b14-13+. The van der Waals surface area contributed by atoms with Crippen LogP contribution in [0.15, 0.2) is 45.6 Å². The van der Waals surface area contributed by atoms with Crippen molar-refractivity contribution in [3.8, 4) is 5.75 Å². The van der Waals surface area contributed by atoms with Gasteiger partial charge in [-0.3, -0.25) is 0 Å². The average Bonchev–Trinajstić information content (AvgIpc) is 2.48. The number of rotatable bonds is 9. The summed E-state index contributed by atoms with van der Waals surface area (Å²) in [6.07, 6.45) is 3.97. The predicted molar refractivity (Wildman–Crippen MR) is 89.3 cm³/mol. The number of nitrogens with zero attached hydrogens (tertiary/aromatic N) is 3. The molecule has 5 nitrogen and oxygen atoms in total. The highest BCUT2D eigenvalue weighted by Crippen LogP contribution is 2.22. The Kier molecular flexibility index (Phi) is 8.82. The van der Waals surface area contributed by atoms with Gasteiger partial charge in [0.25, 0.3) is 0 Å². The predicted octanol–water partition coefficient (Wildman–Crippen LogP) is 5.23. The Hall–Kier alpha value is -1.30. The largest absolute Gasteiger partial charge is 0.400 e. The quantitative estimate of drug-likeness (QED) is 0.258. The first kappa shape index (κ1) is 17.8. The van der Waals surface area contributed by atoms with E-state index in [0.717, 1.165) is 30.2 Å². The van der Waals surface area contributed by atoms with Crippen molar-refractivity contribution in [2.24, 2.45) is 5.11 Å². The average molecular weight is 372 g/mol. The molecule has 1 atom stereocenters. The lowest BCUT2D eigenvalue weighted by Gasteiger charge is -2.07. The highest BCUT2D eigenvalue weighted by atomic mass is 79.9. The van der Waals surface area contributed by atoms with Crippen LogP contribution in [0.3, 0.4) is 0 Å². The van der Waals surface area contributed by atoms with E-state index in [9.17, 15) is 4.21 Å². The molecule has 0 aromatic heterocycles. The normalized spacial score (nSPS) is 13.0. The van der Waals surface area contributed by atoms with Gasteiger partial charge in [0.15, 0.2) is 0 Å². The van der Waals surface area contributed by atoms with Crippen LogP contribution in [0.1, 0.15) is 32.6 Å². The summed E-state index contributed by atoms with van der Waals surface area (Å²) >= 11 is 1.83. The molecule has 0 fully saturated rings. The molecule has 0 amide bonds. The van der Waals surface area contributed by atoms with Crippen LogP contribution in [0, 0.1) is 0 Å². The number of unbranched alkanes of at least 4 members (excludes halogenated alkanes) is 2. The smallest absolute Gasteiger partial charge is 0.210 e. The minimum absolute atomic E-state index is 0.0612. The van der Waals surface area contributed by atoms with Gasteiger partial charge in [-0.15, -0.1) is 0 Å². The Morgan fingerprint density at radius 1 is 1.38 bits per heavy atom. The van der Waals surface area contributed by atoms with Crippen LogP contribution in [0.25, 0.3) is 10.4 Å². The van der Waals surface area contributed by atoms with Crippen molar-refractivity contribution in [2.75, 3.05) is 5.75 Å². The number of azide groups is 1. The molecule has 1 rings (SSSR count). The van der Waals surface area contributed by atoms with Crippen LogP contribution in [-0.4, -0.2) is 9.96 Å². The summed E-state index contributed by atoms with van der Waals surface area (Å²) in [4.78, 5) is 2.79. The topological polar surface area (TPSA) is 75.1 Å². The molecule has 0 saturated carbocycles. The van der Waals surface area contributed by atoms with Crippen LogP contribution >= 0.6 is 15.9 Å². The minimum atomic E-state index is -1.58. The molecule has 0 aliphatic carbocycles. The van der Waals surface area contributed by atoms with Gasteiger partial charge < -0.3 is 4.18 Å². The first-order valence-electron chi connectivity index (χ1n) is 6.71. The third-order valence-electron chi connectivity index (χ3n) is 2.67. The second-order valence-electron chi connectivity index (χ2n) is 4.34. The molecule has 0 saturated heterocycles. The van der Waals surface area contributed by atoms with Crippen molar-refractivity contribution in [3.05, 3.63) is 51.0 Å². The van der Waals surface area contributed by atoms with Crippen LogP contribution in [0.2, 0.25) is 0 Å².